The normalized spacial score (nSPS) is 17.6. The molecule has 0 heterocycles. The lowest BCUT2D eigenvalue weighted by Crippen LogP contribution is -2.00. The zero-order valence-electron chi connectivity index (χ0n) is 21.1. The van der Waals surface area contributed by atoms with Gasteiger partial charge in [-0.05, 0) is 90.9 Å². The first-order valence-electron chi connectivity index (χ1n) is 11.6. The third-order valence-corrected chi connectivity index (χ3v) is 5.88. The Morgan fingerprint density at radius 3 is 2.10 bits per heavy atom. The molecule has 1 heteroatoms. The van der Waals surface area contributed by atoms with Crippen LogP contribution in [-0.4, -0.2) is 6.26 Å². The zero-order chi connectivity index (χ0) is 22.8. The van der Waals surface area contributed by atoms with Crippen LogP contribution < -0.4 is 0 Å². The third kappa shape index (κ3) is 9.16. The summed E-state index contributed by atoms with van der Waals surface area (Å²) in [4.78, 5) is 0. The smallest absolute Gasteiger partial charge is 0.0152 e. The largest absolute Gasteiger partial charge is 0.183 e. The lowest BCUT2D eigenvalue weighted by Gasteiger charge is -2.13. The van der Waals surface area contributed by atoms with E-state index in [1.807, 2.05) is 19.9 Å². The van der Waals surface area contributed by atoms with E-state index in [9.17, 15) is 0 Å². The molecule has 1 fully saturated rings. The van der Waals surface area contributed by atoms with Crippen LogP contribution in [0.4, 0.5) is 0 Å². The van der Waals surface area contributed by atoms with Crippen molar-refractivity contribution in [2.75, 3.05) is 6.26 Å². The summed E-state index contributed by atoms with van der Waals surface area (Å²) in [5.74, 6) is 1.65. The minimum atomic E-state index is 0.542. The number of fused-ring (bicyclic) bond motifs is 1. The molecule has 2 aliphatic carbocycles. The molecule has 1 atom stereocenters. The van der Waals surface area contributed by atoms with E-state index < -0.39 is 0 Å². The minimum absolute atomic E-state index is 0.542. The molecule has 1 aromatic rings. The molecule has 166 valence electrons. The molecule has 0 aliphatic heterocycles. The van der Waals surface area contributed by atoms with Gasteiger partial charge in [-0.3, -0.25) is 0 Å². The average Bonchev–Trinajstić information content (AvgIpc) is 3.49. The van der Waals surface area contributed by atoms with Gasteiger partial charge >= 0.3 is 0 Å². The van der Waals surface area contributed by atoms with Crippen LogP contribution in [0, 0.1) is 24.2 Å². The fraction of sp³-hybridized carbons (Fsp3) is 0.643. The van der Waals surface area contributed by atoms with Gasteiger partial charge in [0.1, 0.15) is 0 Å². The van der Waals surface area contributed by atoms with Crippen molar-refractivity contribution in [2.45, 2.75) is 94.4 Å². The molecule has 0 radical (unpaired) electrons. The molecular weight excluding hydrogens is 368 g/mol. The van der Waals surface area contributed by atoms with Crippen molar-refractivity contribution in [2.24, 2.45) is 17.3 Å². The molecule has 1 saturated carbocycles. The van der Waals surface area contributed by atoms with Crippen LogP contribution in [0.2, 0.25) is 0 Å². The maximum Gasteiger partial charge on any atom is -0.0152 e. The predicted octanol–water partition coefficient (Wildman–Crippen LogP) is 9.20. The maximum absolute atomic E-state index is 4.02. The Balaban J connectivity index is 0.000000670. The number of allylic oxidation sites excluding steroid dienone is 1. The Morgan fingerprint density at radius 2 is 1.69 bits per heavy atom. The van der Waals surface area contributed by atoms with Gasteiger partial charge < -0.3 is 0 Å². The SMILES string of the molecule is C=Cc1cc2c(c(C)c1/C=C(\C)C1CC1)CC(C)C2.CC.CCC(C)(C)C.CS. The summed E-state index contributed by atoms with van der Waals surface area (Å²) in [6.07, 6.45) is 12.7. The zero-order valence-corrected chi connectivity index (χ0v) is 22.0. The van der Waals surface area contributed by atoms with E-state index in [1.165, 1.54) is 48.8 Å². The monoisotopic (exact) mass is 416 g/mol. The van der Waals surface area contributed by atoms with Gasteiger partial charge in [0.2, 0.25) is 0 Å². The lowest BCUT2D eigenvalue weighted by atomic mass is 9.92. The fourth-order valence-electron chi connectivity index (χ4n) is 3.48. The van der Waals surface area contributed by atoms with Gasteiger partial charge in [-0.2, -0.15) is 12.6 Å². The van der Waals surface area contributed by atoms with Gasteiger partial charge in [-0.1, -0.05) is 85.3 Å². The molecule has 1 unspecified atom stereocenters. The second-order valence-electron chi connectivity index (χ2n) is 9.44. The number of thiol groups is 1. The molecule has 2 aliphatic rings. The van der Waals surface area contributed by atoms with Gasteiger partial charge in [0.15, 0.2) is 0 Å². The van der Waals surface area contributed by atoms with E-state index in [0.717, 1.165) is 11.8 Å². The average molecular weight is 417 g/mol. The Morgan fingerprint density at radius 1 is 1.17 bits per heavy atom. The lowest BCUT2D eigenvalue weighted by molar-refractivity contribution is 0.398. The van der Waals surface area contributed by atoms with Gasteiger partial charge in [0, 0.05) is 0 Å². The molecule has 0 nitrogen and oxygen atoms in total. The van der Waals surface area contributed by atoms with Crippen LogP contribution in [0.25, 0.3) is 12.2 Å². The third-order valence-electron chi connectivity index (χ3n) is 5.88. The topological polar surface area (TPSA) is 0 Å². The Hall–Kier alpha value is -0.950. The molecule has 0 N–H and O–H groups in total. The number of hydrogen-bond donors (Lipinski definition) is 1. The van der Waals surface area contributed by atoms with Gasteiger partial charge in [-0.25, -0.2) is 0 Å². The summed E-state index contributed by atoms with van der Waals surface area (Å²) >= 11 is 3.53. The van der Waals surface area contributed by atoms with Crippen LogP contribution in [0.15, 0.2) is 18.2 Å². The summed E-state index contributed by atoms with van der Waals surface area (Å²) in [6.45, 7) is 23.9. The van der Waals surface area contributed by atoms with Crippen LogP contribution in [-0.2, 0) is 12.8 Å². The second-order valence-corrected chi connectivity index (χ2v) is 9.44. The minimum Gasteiger partial charge on any atom is -0.183 e. The van der Waals surface area contributed by atoms with E-state index in [1.54, 1.807) is 23.0 Å². The molecule has 1 aromatic carbocycles. The van der Waals surface area contributed by atoms with Crippen molar-refractivity contribution in [1.29, 1.82) is 0 Å². The number of benzene rings is 1. The summed E-state index contributed by atoms with van der Waals surface area (Å²) in [6, 6.07) is 2.38. The van der Waals surface area contributed by atoms with Crippen LogP contribution >= 0.6 is 12.6 Å². The van der Waals surface area contributed by atoms with Gasteiger partial charge in [-0.15, -0.1) is 0 Å². The van der Waals surface area contributed by atoms with Crippen LogP contribution in [0.1, 0.15) is 102 Å². The van der Waals surface area contributed by atoms with Crippen molar-refractivity contribution >= 4 is 24.8 Å². The quantitative estimate of drug-likeness (QED) is 0.466. The first-order chi connectivity index (χ1) is 13.7. The second kappa shape index (κ2) is 13.4. The van der Waals surface area contributed by atoms with Crippen molar-refractivity contribution in [1.82, 2.24) is 0 Å². The summed E-state index contributed by atoms with van der Waals surface area (Å²) < 4.78 is 0. The summed E-state index contributed by atoms with van der Waals surface area (Å²) in [5.41, 5.74) is 9.50. The molecular formula is C28H48S. The van der Waals surface area contributed by atoms with Gasteiger partial charge in [0.25, 0.3) is 0 Å². The van der Waals surface area contributed by atoms with Gasteiger partial charge in [0.05, 0.1) is 0 Å². The van der Waals surface area contributed by atoms with Crippen molar-refractivity contribution in [3.8, 4) is 0 Å². The van der Waals surface area contributed by atoms with E-state index in [4.69, 9.17) is 0 Å². The predicted molar refractivity (Wildman–Crippen MR) is 140 cm³/mol. The summed E-state index contributed by atoms with van der Waals surface area (Å²) in [7, 11) is 0. The van der Waals surface area contributed by atoms with E-state index in [-0.39, 0.29) is 0 Å². The molecule has 0 aromatic heterocycles. The van der Waals surface area contributed by atoms with Crippen LogP contribution in [0.3, 0.4) is 0 Å². The Kier molecular flexibility index (Phi) is 12.9. The van der Waals surface area contributed by atoms with Crippen molar-refractivity contribution in [3.05, 3.63) is 46.0 Å². The highest BCUT2D eigenvalue weighted by Gasteiger charge is 2.25. The summed E-state index contributed by atoms with van der Waals surface area (Å²) in [5, 5.41) is 0. The fourth-order valence-corrected chi connectivity index (χ4v) is 3.48. The highest BCUT2D eigenvalue weighted by Crippen LogP contribution is 2.39. The molecule has 3 rings (SSSR count). The first kappa shape index (κ1) is 28.1. The standard InChI is InChI=1S/C19H24.C6H14.C2H6.CH4S/c1-5-15-11-17-8-12(2)9-18(17)14(4)19(15)10-13(3)16-6-7-16;1-5-6(2,3)4;2*1-2/h5,10-12,16H,1,6-9H2,2-4H3;5H2,1-4H3;1-2H3;2H,1H3/b13-10+;;;. The molecule has 29 heavy (non-hydrogen) atoms. The molecule has 0 amide bonds. The Bertz CT molecular complexity index is 654. The highest BCUT2D eigenvalue weighted by molar-refractivity contribution is 7.79. The molecule has 0 spiro atoms. The highest BCUT2D eigenvalue weighted by atomic mass is 32.1. The van der Waals surface area contributed by atoms with Crippen molar-refractivity contribution in [3.63, 3.8) is 0 Å². The number of rotatable bonds is 3. The van der Waals surface area contributed by atoms with E-state index >= 15 is 0 Å². The molecule has 0 bridgehead atoms. The maximum atomic E-state index is 4.02. The van der Waals surface area contributed by atoms with Crippen LogP contribution in [0.5, 0.6) is 0 Å². The van der Waals surface area contributed by atoms with E-state index in [2.05, 4.69) is 79.8 Å². The number of hydrogen-bond acceptors (Lipinski definition) is 1. The Labute approximate surface area is 188 Å². The first-order valence-corrected chi connectivity index (χ1v) is 12.5. The van der Waals surface area contributed by atoms with E-state index in [0.29, 0.717) is 5.41 Å². The van der Waals surface area contributed by atoms with Crippen molar-refractivity contribution < 1.29 is 0 Å². The molecule has 0 saturated heterocycles.